The van der Waals surface area contributed by atoms with Gasteiger partial charge in [-0.2, -0.15) is 0 Å². The summed E-state index contributed by atoms with van der Waals surface area (Å²) in [5, 5.41) is 13.8. The summed E-state index contributed by atoms with van der Waals surface area (Å²) in [4.78, 5) is 26.0. The van der Waals surface area contributed by atoms with Crippen LogP contribution < -0.4 is 5.56 Å². The number of morpholine rings is 1. The van der Waals surface area contributed by atoms with Crippen molar-refractivity contribution in [3.8, 4) is 11.1 Å². The van der Waals surface area contributed by atoms with Gasteiger partial charge >= 0.3 is 0 Å². The van der Waals surface area contributed by atoms with E-state index in [0.29, 0.717) is 34.2 Å². The second-order valence-electron chi connectivity index (χ2n) is 9.07. The Balaban J connectivity index is 1.51. The quantitative estimate of drug-likeness (QED) is 0.401. The van der Waals surface area contributed by atoms with E-state index in [4.69, 9.17) is 26.1 Å². The van der Waals surface area contributed by atoms with E-state index in [2.05, 4.69) is 14.8 Å². The first-order chi connectivity index (χ1) is 16.9. The molecule has 4 rings (SSSR count). The summed E-state index contributed by atoms with van der Waals surface area (Å²) in [6.45, 7) is 9.90. The van der Waals surface area contributed by atoms with Gasteiger partial charge in [0.1, 0.15) is 10.7 Å². The molecule has 0 amide bonds. The fraction of sp³-hybridized carbons (Fsp3) is 0.520. The number of halogens is 1. The van der Waals surface area contributed by atoms with Gasteiger partial charge in [-0.3, -0.25) is 14.6 Å². The van der Waals surface area contributed by atoms with Gasteiger partial charge in [-0.1, -0.05) is 23.7 Å². The molecule has 8 nitrogen and oxygen atoms in total. The maximum atomic E-state index is 13.1. The molecule has 3 aromatic rings. The lowest BCUT2D eigenvalue weighted by Gasteiger charge is -2.30. The molecule has 0 saturated carbocycles. The first-order valence-corrected chi connectivity index (χ1v) is 13.2. The third-order valence-electron chi connectivity index (χ3n) is 5.95. The highest BCUT2D eigenvalue weighted by Crippen LogP contribution is 2.31. The average molecular weight is 521 g/mol. The van der Waals surface area contributed by atoms with Crippen molar-refractivity contribution in [1.29, 1.82) is 0 Å². The number of hydrogen-bond donors (Lipinski definition) is 2. The minimum Gasteiger partial charge on any atom is -0.389 e. The summed E-state index contributed by atoms with van der Waals surface area (Å²) in [5.41, 5.74) is 1.63. The number of hydrogen-bond acceptors (Lipinski definition) is 8. The van der Waals surface area contributed by atoms with E-state index in [1.807, 2.05) is 43.5 Å². The van der Waals surface area contributed by atoms with Gasteiger partial charge in [-0.05, 0) is 31.5 Å². The van der Waals surface area contributed by atoms with Crippen LogP contribution in [0.25, 0.3) is 21.3 Å². The molecule has 35 heavy (non-hydrogen) atoms. The molecule has 0 spiro atoms. The van der Waals surface area contributed by atoms with Crippen LogP contribution in [-0.4, -0.2) is 89.6 Å². The van der Waals surface area contributed by atoms with Crippen LogP contribution in [0.4, 0.5) is 0 Å². The Labute approximate surface area is 214 Å². The molecular weight excluding hydrogens is 488 g/mol. The topological polar surface area (TPSA) is 90.9 Å². The van der Waals surface area contributed by atoms with Crippen LogP contribution in [0.1, 0.15) is 19.7 Å². The molecule has 0 unspecified atom stereocenters. The molecule has 190 valence electrons. The Morgan fingerprint density at radius 2 is 2.03 bits per heavy atom. The summed E-state index contributed by atoms with van der Waals surface area (Å²) in [6.07, 6.45) is -0.573. The van der Waals surface area contributed by atoms with E-state index < -0.39 is 6.10 Å². The van der Waals surface area contributed by atoms with Gasteiger partial charge in [-0.25, -0.2) is 4.98 Å². The second kappa shape index (κ2) is 12.4. The first-order valence-electron chi connectivity index (χ1n) is 12.0. The molecule has 2 aromatic heterocycles. The summed E-state index contributed by atoms with van der Waals surface area (Å²) < 4.78 is 11.0. The number of thiophene rings is 1. The summed E-state index contributed by atoms with van der Waals surface area (Å²) in [6, 6.07) is 7.45. The van der Waals surface area contributed by atoms with Gasteiger partial charge in [0, 0.05) is 48.7 Å². The van der Waals surface area contributed by atoms with Crippen LogP contribution in [0.5, 0.6) is 0 Å². The predicted molar refractivity (Wildman–Crippen MR) is 140 cm³/mol. The van der Waals surface area contributed by atoms with E-state index in [1.54, 1.807) is 0 Å². The predicted octanol–water partition coefficient (Wildman–Crippen LogP) is 3.23. The van der Waals surface area contributed by atoms with Crippen molar-refractivity contribution in [2.45, 2.75) is 32.6 Å². The zero-order valence-electron chi connectivity index (χ0n) is 20.2. The molecule has 1 atom stereocenters. The van der Waals surface area contributed by atoms with Crippen molar-refractivity contribution in [3.63, 3.8) is 0 Å². The molecule has 0 radical (unpaired) electrons. The van der Waals surface area contributed by atoms with Crippen LogP contribution in [0, 0.1) is 0 Å². The van der Waals surface area contributed by atoms with Crippen molar-refractivity contribution in [3.05, 3.63) is 50.8 Å². The Bertz CT molecular complexity index is 1140. The molecule has 10 heteroatoms. The van der Waals surface area contributed by atoms with E-state index in [1.165, 1.54) is 11.3 Å². The zero-order valence-corrected chi connectivity index (χ0v) is 21.8. The monoisotopic (exact) mass is 520 g/mol. The number of rotatable bonds is 11. The first kappa shape index (κ1) is 26.2. The van der Waals surface area contributed by atoms with E-state index in [-0.39, 0.29) is 18.3 Å². The lowest BCUT2D eigenvalue weighted by Crippen LogP contribution is -2.43. The van der Waals surface area contributed by atoms with Crippen molar-refractivity contribution < 1.29 is 14.6 Å². The zero-order chi connectivity index (χ0) is 24.8. The number of nitrogens with one attached hydrogen (secondary N) is 1. The van der Waals surface area contributed by atoms with Crippen LogP contribution >= 0.6 is 22.9 Å². The third kappa shape index (κ3) is 7.33. The number of nitrogens with zero attached hydrogens (tertiary/aromatic N) is 3. The lowest BCUT2D eigenvalue weighted by atomic mass is 10.1. The fourth-order valence-corrected chi connectivity index (χ4v) is 5.21. The largest absolute Gasteiger partial charge is 0.389 e. The van der Waals surface area contributed by atoms with Gasteiger partial charge in [0.25, 0.3) is 5.56 Å². The van der Waals surface area contributed by atoms with Crippen LogP contribution in [0.2, 0.25) is 5.02 Å². The van der Waals surface area contributed by atoms with E-state index >= 15 is 0 Å². The van der Waals surface area contributed by atoms with Gasteiger partial charge in [-0.15, -0.1) is 11.3 Å². The standard InChI is InChI=1S/C25H33ClN4O4S/c1-17(2)34-15-20(31)13-30(8-7-29-9-11-33-12-10-29)14-22-27-24(32)23-21(16-35-25(23)28-22)18-3-5-19(26)6-4-18/h3-6,16-17,20,31H,7-15H2,1-2H3,(H,27,28,32)/t20-/m0/s1. The van der Waals surface area contributed by atoms with Crippen LogP contribution in [0.3, 0.4) is 0 Å². The van der Waals surface area contributed by atoms with Gasteiger partial charge in [0.2, 0.25) is 0 Å². The maximum Gasteiger partial charge on any atom is 0.260 e. The SMILES string of the molecule is CC(C)OC[C@@H](O)CN(CCN1CCOCC1)Cc1nc2scc(-c3ccc(Cl)cc3)c2c(=O)[nH]1. The molecule has 1 saturated heterocycles. The van der Waals surface area contributed by atoms with E-state index in [9.17, 15) is 9.90 Å². The molecule has 1 aliphatic rings. The minimum absolute atomic E-state index is 0.0561. The molecule has 1 fully saturated rings. The smallest absolute Gasteiger partial charge is 0.260 e. The van der Waals surface area contributed by atoms with Crippen molar-refractivity contribution in [2.24, 2.45) is 0 Å². The van der Waals surface area contributed by atoms with Crippen LogP contribution in [-0.2, 0) is 16.0 Å². The maximum absolute atomic E-state index is 13.1. The number of benzene rings is 1. The highest BCUT2D eigenvalue weighted by molar-refractivity contribution is 7.17. The van der Waals surface area contributed by atoms with Crippen molar-refractivity contribution in [1.82, 2.24) is 19.8 Å². The molecule has 3 heterocycles. The van der Waals surface area contributed by atoms with Gasteiger partial charge in [0.15, 0.2) is 0 Å². The number of aromatic amines is 1. The average Bonchev–Trinajstić information content (AvgIpc) is 3.27. The molecule has 2 N–H and O–H groups in total. The molecule has 1 aliphatic heterocycles. The lowest BCUT2D eigenvalue weighted by molar-refractivity contribution is -0.0132. The number of aliphatic hydroxyl groups is 1. The Hall–Kier alpha value is -1.85. The van der Waals surface area contributed by atoms with Gasteiger partial charge < -0.3 is 19.6 Å². The normalized spacial score (nSPS) is 15.9. The summed E-state index contributed by atoms with van der Waals surface area (Å²) in [5.74, 6) is 0.589. The minimum atomic E-state index is -0.629. The number of H-pyrrole nitrogens is 1. The Kier molecular flexibility index (Phi) is 9.29. The highest BCUT2D eigenvalue weighted by Gasteiger charge is 2.19. The molecule has 1 aromatic carbocycles. The summed E-state index contributed by atoms with van der Waals surface area (Å²) >= 11 is 7.48. The highest BCUT2D eigenvalue weighted by atomic mass is 35.5. The van der Waals surface area contributed by atoms with E-state index in [0.717, 1.165) is 50.5 Å². The number of fused-ring (bicyclic) bond motifs is 1. The number of aliphatic hydroxyl groups excluding tert-OH is 1. The molecule has 0 bridgehead atoms. The number of aromatic nitrogens is 2. The molecular formula is C25H33ClN4O4S. The van der Waals surface area contributed by atoms with Crippen molar-refractivity contribution >= 4 is 33.2 Å². The molecule has 0 aliphatic carbocycles. The third-order valence-corrected chi connectivity index (χ3v) is 7.07. The van der Waals surface area contributed by atoms with Crippen LogP contribution in [0.15, 0.2) is 34.4 Å². The summed E-state index contributed by atoms with van der Waals surface area (Å²) in [7, 11) is 0. The fourth-order valence-electron chi connectivity index (χ4n) is 4.12. The Morgan fingerprint density at radius 3 is 2.74 bits per heavy atom. The number of ether oxygens (including phenoxy) is 2. The Morgan fingerprint density at radius 1 is 1.29 bits per heavy atom. The van der Waals surface area contributed by atoms with Gasteiger partial charge in [0.05, 0.1) is 44.0 Å². The van der Waals surface area contributed by atoms with Crippen molar-refractivity contribution in [2.75, 3.05) is 52.5 Å². The second-order valence-corrected chi connectivity index (χ2v) is 10.4.